The molecular formula is C17H20N2O4S. The van der Waals surface area contributed by atoms with Gasteiger partial charge in [0, 0.05) is 36.7 Å². The molecule has 1 aliphatic rings. The highest BCUT2D eigenvalue weighted by molar-refractivity contribution is 7.99. The van der Waals surface area contributed by atoms with Gasteiger partial charge in [0.25, 0.3) is 5.69 Å². The van der Waals surface area contributed by atoms with Gasteiger partial charge >= 0.3 is 0 Å². The van der Waals surface area contributed by atoms with Crippen molar-refractivity contribution in [1.82, 2.24) is 4.90 Å². The fourth-order valence-corrected chi connectivity index (χ4v) is 4.05. The molecule has 6 nitrogen and oxygen atoms in total. The molecule has 1 aliphatic heterocycles. The van der Waals surface area contributed by atoms with E-state index in [2.05, 4.69) is 4.90 Å². The Bertz CT molecular complexity index is 718. The molecule has 1 fully saturated rings. The molecule has 3 rings (SSSR count). The third-order valence-electron chi connectivity index (χ3n) is 4.20. The summed E-state index contributed by atoms with van der Waals surface area (Å²) in [6.45, 7) is 3.19. The van der Waals surface area contributed by atoms with E-state index in [1.54, 1.807) is 12.1 Å². The van der Waals surface area contributed by atoms with Crippen LogP contribution >= 0.6 is 11.8 Å². The molecule has 2 atom stereocenters. The molecule has 2 aromatic rings. The van der Waals surface area contributed by atoms with Crippen LogP contribution in [0.3, 0.4) is 0 Å². The Kier molecular flexibility index (Phi) is 5.23. The molecule has 0 bridgehead atoms. The second-order valence-electron chi connectivity index (χ2n) is 5.90. The summed E-state index contributed by atoms with van der Waals surface area (Å²) in [5, 5.41) is 21.5. The van der Waals surface area contributed by atoms with Gasteiger partial charge in [-0.05, 0) is 24.6 Å². The normalized spacial score (nSPS) is 20.0. The van der Waals surface area contributed by atoms with Crippen LogP contribution in [-0.2, 0) is 0 Å². The van der Waals surface area contributed by atoms with Crippen LogP contribution in [0.4, 0.5) is 5.69 Å². The minimum Gasteiger partial charge on any atom is -0.465 e. The molecule has 2 unspecified atom stereocenters. The number of hydrogen-bond acceptors (Lipinski definition) is 6. The number of nitro groups is 1. The third kappa shape index (κ3) is 3.80. The molecule has 24 heavy (non-hydrogen) atoms. The first-order valence-corrected chi connectivity index (χ1v) is 9.00. The number of aliphatic hydroxyl groups excluding tert-OH is 1. The van der Waals surface area contributed by atoms with E-state index in [0.717, 1.165) is 29.6 Å². The Morgan fingerprint density at radius 3 is 3.00 bits per heavy atom. The number of thioether (sulfide) groups is 1. The summed E-state index contributed by atoms with van der Waals surface area (Å²) in [5.74, 6) is 3.69. The number of non-ortho nitro benzene ring substituents is 1. The predicted octanol–water partition coefficient (Wildman–Crippen LogP) is 3.32. The first-order valence-electron chi connectivity index (χ1n) is 7.85. The van der Waals surface area contributed by atoms with Gasteiger partial charge in [0.05, 0.1) is 17.1 Å². The average Bonchev–Trinajstić information content (AvgIpc) is 3.01. The summed E-state index contributed by atoms with van der Waals surface area (Å²) in [5.41, 5.74) is 0.566. The number of aliphatic hydroxyl groups is 1. The van der Waals surface area contributed by atoms with Crippen molar-refractivity contribution in [1.29, 1.82) is 0 Å². The fourth-order valence-electron chi connectivity index (χ4n) is 2.92. The maximum atomic E-state index is 10.9. The number of rotatable bonds is 5. The van der Waals surface area contributed by atoms with E-state index < -0.39 is 11.0 Å². The van der Waals surface area contributed by atoms with Crippen LogP contribution in [0.1, 0.15) is 29.2 Å². The quantitative estimate of drug-likeness (QED) is 0.659. The van der Waals surface area contributed by atoms with E-state index in [4.69, 9.17) is 4.42 Å². The number of β-amino-alcohol motifs (C(OH)–C–C–N with tert-alkyl or cyclic N) is 1. The number of nitrogens with zero attached hydrogens (tertiary/aromatic N) is 2. The second kappa shape index (κ2) is 7.38. The molecular weight excluding hydrogens is 328 g/mol. The van der Waals surface area contributed by atoms with Gasteiger partial charge in [-0.1, -0.05) is 12.1 Å². The van der Waals surface area contributed by atoms with E-state index >= 15 is 0 Å². The standard InChI is InChI=1S/C17H20N2O4S/c1-12-5-6-17(23-12)15-11-24-8-7-18(15)10-16(20)13-3-2-4-14(9-13)19(21)22/h2-6,9,15-16,20H,7-8,10-11H2,1H3. The third-order valence-corrected chi connectivity index (χ3v) is 5.22. The maximum Gasteiger partial charge on any atom is 0.269 e. The van der Waals surface area contributed by atoms with E-state index in [9.17, 15) is 15.2 Å². The predicted molar refractivity (Wildman–Crippen MR) is 93.1 cm³/mol. The number of furan rings is 1. The molecule has 0 aliphatic carbocycles. The Hall–Kier alpha value is -1.83. The Morgan fingerprint density at radius 1 is 1.46 bits per heavy atom. The van der Waals surface area contributed by atoms with Gasteiger partial charge in [0.15, 0.2) is 0 Å². The summed E-state index contributed by atoms with van der Waals surface area (Å²) >= 11 is 1.87. The molecule has 1 aromatic heterocycles. The van der Waals surface area contributed by atoms with Crippen molar-refractivity contribution in [2.75, 3.05) is 24.6 Å². The van der Waals surface area contributed by atoms with Gasteiger partial charge in [-0.2, -0.15) is 11.8 Å². The lowest BCUT2D eigenvalue weighted by Crippen LogP contribution is -2.38. The first-order chi connectivity index (χ1) is 11.5. The highest BCUT2D eigenvalue weighted by Gasteiger charge is 2.29. The molecule has 2 heterocycles. The van der Waals surface area contributed by atoms with Gasteiger partial charge in [0.2, 0.25) is 0 Å². The number of aryl methyl sites for hydroxylation is 1. The second-order valence-corrected chi connectivity index (χ2v) is 7.05. The zero-order valence-corrected chi connectivity index (χ0v) is 14.2. The zero-order valence-electron chi connectivity index (χ0n) is 13.4. The molecule has 1 saturated heterocycles. The lowest BCUT2D eigenvalue weighted by molar-refractivity contribution is -0.385. The van der Waals surface area contributed by atoms with Crippen LogP contribution in [0.5, 0.6) is 0 Å². The van der Waals surface area contributed by atoms with Crippen LogP contribution < -0.4 is 0 Å². The zero-order chi connectivity index (χ0) is 17.1. The highest BCUT2D eigenvalue weighted by atomic mass is 32.2. The van der Waals surface area contributed by atoms with Crippen molar-refractivity contribution in [2.24, 2.45) is 0 Å². The van der Waals surface area contributed by atoms with E-state index in [0.29, 0.717) is 12.1 Å². The molecule has 0 spiro atoms. The molecule has 1 N–H and O–H groups in total. The van der Waals surface area contributed by atoms with Gasteiger partial charge in [-0.3, -0.25) is 15.0 Å². The van der Waals surface area contributed by atoms with Crippen molar-refractivity contribution in [2.45, 2.75) is 19.1 Å². The van der Waals surface area contributed by atoms with Gasteiger partial charge in [0.1, 0.15) is 11.5 Å². The topological polar surface area (TPSA) is 79.8 Å². The summed E-state index contributed by atoms with van der Waals surface area (Å²) in [6.07, 6.45) is -0.772. The summed E-state index contributed by atoms with van der Waals surface area (Å²) in [7, 11) is 0. The molecule has 7 heteroatoms. The lowest BCUT2D eigenvalue weighted by atomic mass is 10.1. The Balaban J connectivity index is 1.75. The molecule has 0 amide bonds. The first kappa shape index (κ1) is 17.0. The van der Waals surface area contributed by atoms with Gasteiger partial charge < -0.3 is 9.52 Å². The van der Waals surface area contributed by atoms with E-state index in [-0.39, 0.29) is 11.7 Å². The van der Waals surface area contributed by atoms with Gasteiger partial charge in [-0.15, -0.1) is 0 Å². The number of hydrogen-bond donors (Lipinski definition) is 1. The summed E-state index contributed by atoms with van der Waals surface area (Å²) in [6, 6.07) is 10.3. The molecule has 0 radical (unpaired) electrons. The van der Waals surface area contributed by atoms with Crippen LogP contribution in [0, 0.1) is 17.0 Å². The molecule has 128 valence electrons. The van der Waals surface area contributed by atoms with Crippen molar-refractivity contribution in [3.8, 4) is 0 Å². The Labute approximate surface area is 144 Å². The van der Waals surface area contributed by atoms with Crippen molar-refractivity contribution < 1.29 is 14.4 Å². The molecule has 1 aromatic carbocycles. The average molecular weight is 348 g/mol. The fraction of sp³-hybridized carbons (Fsp3) is 0.412. The van der Waals surface area contributed by atoms with E-state index in [1.807, 2.05) is 30.8 Å². The highest BCUT2D eigenvalue weighted by Crippen LogP contribution is 2.32. The van der Waals surface area contributed by atoms with Crippen LogP contribution in [0.2, 0.25) is 0 Å². The van der Waals surface area contributed by atoms with Gasteiger partial charge in [-0.25, -0.2) is 0 Å². The van der Waals surface area contributed by atoms with Crippen LogP contribution in [-0.4, -0.2) is 39.5 Å². The van der Waals surface area contributed by atoms with Crippen molar-refractivity contribution in [3.63, 3.8) is 0 Å². The van der Waals surface area contributed by atoms with E-state index in [1.165, 1.54) is 12.1 Å². The number of nitro benzene ring substituents is 1. The minimum absolute atomic E-state index is 0.000964. The minimum atomic E-state index is -0.772. The summed E-state index contributed by atoms with van der Waals surface area (Å²) in [4.78, 5) is 12.7. The van der Waals surface area contributed by atoms with Crippen LogP contribution in [0.15, 0.2) is 40.8 Å². The Morgan fingerprint density at radius 2 is 2.29 bits per heavy atom. The van der Waals surface area contributed by atoms with Crippen molar-refractivity contribution in [3.05, 3.63) is 63.6 Å². The molecule has 0 saturated carbocycles. The monoisotopic (exact) mass is 348 g/mol. The smallest absolute Gasteiger partial charge is 0.269 e. The lowest BCUT2D eigenvalue weighted by Gasteiger charge is -2.35. The summed E-state index contributed by atoms with van der Waals surface area (Å²) < 4.78 is 5.77. The maximum absolute atomic E-state index is 10.9. The number of benzene rings is 1. The van der Waals surface area contributed by atoms with Crippen LogP contribution in [0.25, 0.3) is 0 Å². The van der Waals surface area contributed by atoms with Crippen molar-refractivity contribution >= 4 is 17.4 Å². The largest absolute Gasteiger partial charge is 0.465 e. The SMILES string of the molecule is Cc1ccc(C2CSCCN2CC(O)c2cccc([N+](=O)[O-])c2)o1.